The summed E-state index contributed by atoms with van der Waals surface area (Å²) in [5, 5.41) is 3.67. The van der Waals surface area contributed by atoms with E-state index in [9.17, 15) is 4.79 Å². The van der Waals surface area contributed by atoms with Crippen LogP contribution >= 0.6 is 11.6 Å². The van der Waals surface area contributed by atoms with Gasteiger partial charge in [0.1, 0.15) is 0 Å². The second-order valence-electron chi connectivity index (χ2n) is 5.09. The molecule has 0 aromatic heterocycles. The predicted molar refractivity (Wildman–Crippen MR) is 81.6 cm³/mol. The Bertz CT molecular complexity index is 431. The minimum Gasteiger partial charge on any atom is -0.350 e. The maximum Gasteiger partial charge on any atom is 0.217 e. The number of amides is 1. The van der Waals surface area contributed by atoms with Crippen molar-refractivity contribution in [1.82, 2.24) is 5.32 Å². The molecule has 1 rings (SSSR count). The smallest absolute Gasteiger partial charge is 0.217 e. The summed E-state index contributed by atoms with van der Waals surface area (Å²) in [4.78, 5) is 11.2. The van der Waals surface area contributed by atoms with E-state index >= 15 is 0 Å². The Morgan fingerprint density at radius 3 is 2.53 bits per heavy atom. The van der Waals surface area contributed by atoms with Crippen molar-refractivity contribution in [3.63, 3.8) is 0 Å². The van der Waals surface area contributed by atoms with Crippen LogP contribution < -0.4 is 5.32 Å². The minimum absolute atomic E-state index is 0.00268. The molecule has 3 heteroatoms. The molecule has 106 valence electrons. The van der Waals surface area contributed by atoms with Gasteiger partial charge in [0.05, 0.1) is 6.04 Å². The highest BCUT2D eigenvalue weighted by Crippen LogP contribution is 2.32. The lowest BCUT2D eigenvalue weighted by Crippen LogP contribution is -2.25. The zero-order chi connectivity index (χ0) is 14.4. The lowest BCUT2D eigenvalue weighted by atomic mass is 9.86. The normalized spacial score (nSPS) is 13.9. The van der Waals surface area contributed by atoms with Crippen molar-refractivity contribution in [2.45, 2.75) is 58.9 Å². The molecule has 19 heavy (non-hydrogen) atoms. The zero-order valence-corrected chi connectivity index (χ0v) is 13.1. The predicted octanol–water partition coefficient (Wildman–Crippen LogP) is 4.83. The summed E-state index contributed by atoms with van der Waals surface area (Å²) in [6.07, 6.45) is 3.43. The van der Waals surface area contributed by atoms with Crippen molar-refractivity contribution < 1.29 is 4.79 Å². The topological polar surface area (TPSA) is 29.1 Å². The maximum atomic E-state index is 11.2. The molecule has 1 amide bonds. The van der Waals surface area contributed by atoms with Crippen molar-refractivity contribution >= 4 is 17.5 Å². The van der Waals surface area contributed by atoms with Crippen LogP contribution in [0, 0.1) is 0 Å². The van der Waals surface area contributed by atoms with E-state index in [0.717, 1.165) is 29.8 Å². The van der Waals surface area contributed by atoms with Gasteiger partial charge in [0.25, 0.3) is 0 Å². The molecule has 0 heterocycles. The van der Waals surface area contributed by atoms with Gasteiger partial charge in [-0.3, -0.25) is 4.79 Å². The highest BCUT2D eigenvalue weighted by Gasteiger charge is 2.17. The molecule has 0 spiro atoms. The summed E-state index contributed by atoms with van der Waals surface area (Å²) in [6, 6.07) is 6.03. The molecule has 1 aromatic rings. The number of halogens is 1. The van der Waals surface area contributed by atoms with E-state index in [1.54, 1.807) is 6.92 Å². The van der Waals surface area contributed by atoms with Crippen LogP contribution in [-0.4, -0.2) is 5.91 Å². The molecular weight excluding hydrogens is 258 g/mol. The second kappa shape index (κ2) is 7.54. The van der Waals surface area contributed by atoms with Crippen LogP contribution in [0.3, 0.4) is 0 Å². The van der Waals surface area contributed by atoms with E-state index in [1.807, 2.05) is 19.1 Å². The van der Waals surface area contributed by atoms with Crippen LogP contribution in [0.15, 0.2) is 18.2 Å². The number of nitrogens with one attached hydrogen (secondary N) is 1. The molecule has 0 aliphatic rings. The molecule has 2 nitrogen and oxygen atoms in total. The lowest BCUT2D eigenvalue weighted by molar-refractivity contribution is -0.119. The molecule has 0 aliphatic heterocycles. The van der Waals surface area contributed by atoms with Crippen molar-refractivity contribution in [2.24, 2.45) is 0 Å². The van der Waals surface area contributed by atoms with E-state index in [2.05, 4.69) is 25.2 Å². The fourth-order valence-corrected chi connectivity index (χ4v) is 2.78. The fourth-order valence-electron chi connectivity index (χ4n) is 2.60. The number of rotatable bonds is 6. The third-order valence-electron chi connectivity index (χ3n) is 3.50. The van der Waals surface area contributed by atoms with Crippen LogP contribution in [0.4, 0.5) is 0 Å². The molecule has 0 radical (unpaired) electrons. The van der Waals surface area contributed by atoms with Gasteiger partial charge in [0.15, 0.2) is 0 Å². The van der Waals surface area contributed by atoms with Crippen molar-refractivity contribution in [3.05, 3.63) is 34.3 Å². The molecular formula is C16H24ClNO. The third kappa shape index (κ3) is 4.54. The quantitative estimate of drug-likeness (QED) is 0.795. The minimum atomic E-state index is -0.0121. The van der Waals surface area contributed by atoms with E-state index in [0.29, 0.717) is 5.92 Å². The van der Waals surface area contributed by atoms with E-state index in [-0.39, 0.29) is 11.9 Å². The zero-order valence-electron chi connectivity index (χ0n) is 12.3. The number of carbonyl (C=O) groups is 1. The Balaban J connectivity index is 3.12. The maximum absolute atomic E-state index is 11.2. The first-order valence-corrected chi connectivity index (χ1v) is 7.43. The number of carbonyl (C=O) groups excluding carboxylic acids is 1. The first kappa shape index (κ1) is 16.0. The fraction of sp³-hybridized carbons (Fsp3) is 0.562. The van der Waals surface area contributed by atoms with E-state index in [4.69, 9.17) is 11.6 Å². The Kier molecular flexibility index (Phi) is 6.36. The average molecular weight is 282 g/mol. The summed E-state index contributed by atoms with van der Waals surface area (Å²) >= 11 is 6.11. The SMILES string of the molecule is CCCC(CC)c1ccc(Cl)cc1[C@H](C)NC(C)=O. The highest BCUT2D eigenvalue weighted by atomic mass is 35.5. The van der Waals surface area contributed by atoms with Crippen molar-refractivity contribution in [2.75, 3.05) is 0 Å². The molecule has 0 aliphatic carbocycles. The molecule has 0 fully saturated rings. The van der Waals surface area contributed by atoms with Crippen LogP contribution in [0.5, 0.6) is 0 Å². The first-order valence-electron chi connectivity index (χ1n) is 7.06. The molecule has 1 unspecified atom stereocenters. The summed E-state index contributed by atoms with van der Waals surface area (Å²) in [6.45, 7) is 7.97. The largest absolute Gasteiger partial charge is 0.350 e. The Morgan fingerprint density at radius 1 is 1.32 bits per heavy atom. The second-order valence-corrected chi connectivity index (χ2v) is 5.53. The van der Waals surface area contributed by atoms with E-state index in [1.165, 1.54) is 5.56 Å². The van der Waals surface area contributed by atoms with Gasteiger partial charge >= 0.3 is 0 Å². The number of hydrogen-bond acceptors (Lipinski definition) is 1. The van der Waals surface area contributed by atoms with Gasteiger partial charge in [-0.25, -0.2) is 0 Å². The van der Waals surface area contributed by atoms with Gasteiger partial charge < -0.3 is 5.32 Å². The summed E-state index contributed by atoms with van der Waals surface area (Å²) < 4.78 is 0. The molecule has 0 bridgehead atoms. The van der Waals surface area contributed by atoms with Gasteiger partial charge in [0, 0.05) is 11.9 Å². The van der Waals surface area contributed by atoms with E-state index < -0.39 is 0 Å². The standard InChI is InChI=1S/C16H24ClNO/c1-5-7-13(6-2)15-9-8-14(17)10-16(15)11(3)18-12(4)19/h8-11,13H,5-7H2,1-4H3,(H,18,19)/t11-,13?/m0/s1. The van der Waals surface area contributed by atoms with Crippen LogP contribution in [0.25, 0.3) is 0 Å². The lowest BCUT2D eigenvalue weighted by Gasteiger charge is -2.23. The molecule has 1 N–H and O–H groups in total. The summed E-state index contributed by atoms with van der Waals surface area (Å²) in [7, 11) is 0. The Labute approximate surface area is 121 Å². The number of benzene rings is 1. The first-order chi connectivity index (χ1) is 8.99. The van der Waals surface area contributed by atoms with Gasteiger partial charge in [-0.1, -0.05) is 37.9 Å². The van der Waals surface area contributed by atoms with Gasteiger partial charge in [-0.15, -0.1) is 0 Å². The van der Waals surface area contributed by atoms with Gasteiger partial charge in [0.2, 0.25) is 5.91 Å². The van der Waals surface area contributed by atoms with Crippen LogP contribution in [-0.2, 0) is 4.79 Å². The Hall–Kier alpha value is -1.02. The van der Waals surface area contributed by atoms with Gasteiger partial charge in [-0.05, 0) is 48.9 Å². The van der Waals surface area contributed by atoms with Crippen molar-refractivity contribution in [3.8, 4) is 0 Å². The molecule has 0 saturated carbocycles. The van der Waals surface area contributed by atoms with Crippen LogP contribution in [0.1, 0.15) is 70.0 Å². The molecule has 1 aromatic carbocycles. The van der Waals surface area contributed by atoms with Crippen molar-refractivity contribution in [1.29, 1.82) is 0 Å². The summed E-state index contributed by atoms with van der Waals surface area (Å²) in [5.74, 6) is 0.524. The average Bonchev–Trinajstić information content (AvgIpc) is 2.35. The third-order valence-corrected chi connectivity index (χ3v) is 3.74. The highest BCUT2D eigenvalue weighted by molar-refractivity contribution is 6.30. The Morgan fingerprint density at radius 2 is 2.00 bits per heavy atom. The monoisotopic (exact) mass is 281 g/mol. The van der Waals surface area contributed by atoms with Crippen LogP contribution in [0.2, 0.25) is 5.02 Å². The molecule has 2 atom stereocenters. The summed E-state index contributed by atoms with van der Waals surface area (Å²) in [5.41, 5.74) is 2.46. The van der Waals surface area contributed by atoms with Gasteiger partial charge in [-0.2, -0.15) is 0 Å². The molecule has 0 saturated heterocycles. The number of hydrogen-bond donors (Lipinski definition) is 1.